The highest BCUT2D eigenvalue weighted by atomic mass is 15.3. The molecule has 3 heteroatoms. The van der Waals surface area contributed by atoms with Crippen molar-refractivity contribution in [2.45, 2.75) is 64.5 Å². The lowest BCUT2D eigenvalue weighted by Crippen LogP contribution is -2.52. The molecule has 0 radical (unpaired) electrons. The molecule has 0 aromatic heterocycles. The maximum Gasteiger partial charge on any atom is 0.0235 e. The molecule has 0 aromatic rings. The van der Waals surface area contributed by atoms with E-state index in [1.165, 1.54) is 64.7 Å². The summed E-state index contributed by atoms with van der Waals surface area (Å²) in [5.74, 6) is 0. The average Bonchev–Trinajstić information content (AvgIpc) is 2.40. The van der Waals surface area contributed by atoms with Gasteiger partial charge in [-0.15, -0.1) is 0 Å². The van der Waals surface area contributed by atoms with Crippen LogP contribution in [0.3, 0.4) is 0 Å². The molecule has 0 spiro atoms. The lowest BCUT2D eigenvalue weighted by molar-refractivity contribution is 0.0998. The SMILES string of the molecule is CCCCCC(CC1CN(C)CCN1C)NCCC. The normalized spacial score (nSPS) is 23.7. The molecule has 1 saturated heterocycles. The standard InChI is InChI=1S/C16H35N3/c1-5-7-8-9-15(17-10-6-2)13-16-14-18(3)11-12-19(16)4/h15-17H,5-14H2,1-4H3. The molecule has 0 saturated carbocycles. The minimum atomic E-state index is 0.713. The van der Waals surface area contributed by atoms with Gasteiger partial charge in [0.25, 0.3) is 0 Å². The van der Waals surface area contributed by atoms with E-state index in [2.05, 4.69) is 43.1 Å². The molecule has 1 aliphatic rings. The van der Waals surface area contributed by atoms with Crippen molar-refractivity contribution in [1.82, 2.24) is 15.1 Å². The van der Waals surface area contributed by atoms with E-state index in [9.17, 15) is 0 Å². The Hall–Kier alpha value is -0.120. The van der Waals surface area contributed by atoms with Gasteiger partial charge in [0.05, 0.1) is 0 Å². The van der Waals surface area contributed by atoms with E-state index in [0.717, 1.165) is 6.04 Å². The molecule has 0 aromatic carbocycles. The van der Waals surface area contributed by atoms with Crippen molar-refractivity contribution in [2.24, 2.45) is 0 Å². The Labute approximate surface area is 120 Å². The minimum Gasteiger partial charge on any atom is -0.314 e. The molecule has 1 aliphatic heterocycles. The number of hydrogen-bond acceptors (Lipinski definition) is 3. The van der Waals surface area contributed by atoms with Gasteiger partial charge in [0.1, 0.15) is 0 Å². The van der Waals surface area contributed by atoms with Crippen LogP contribution in [0.15, 0.2) is 0 Å². The zero-order valence-electron chi connectivity index (χ0n) is 13.6. The maximum absolute atomic E-state index is 3.77. The lowest BCUT2D eigenvalue weighted by atomic mass is 9.98. The monoisotopic (exact) mass is 269 g/mol. The molecule has 1 N–H and O–H groups in total. The van der Waals surface area contributed by atoms with Crippen molar-refractivity contribution in [1.29, 1.82) is 0 Å². The Bertz CT molecular complexity index is 220. The van der Waals surface area contributed by atoms with E-state index in [-0.39, 0.29) is 0 Å². The van der Waals surface area contributed by atoms with Crippen molar-refractivity contribution < 1.29 is 0 Å². The first-order valence-corrected chi connectivity index (χ1v) is 8.29. The molecule has 114 valence electrons. The molecule has 1 rings (SSSR count). The van der Waals surface area contributed by atoms with Crippen molar-refractivity contribution >= 4 is 0 Å². The number of nitrogens with one attached hydrogen (secondary N) is 1. The minimum absolute atomic E-state index is 0.713. The van der Waals surface area contributed by atoms with E-state index in [4.69, 9.17) is 0 Å². The van der Waals surface area contributed by atoms with Crippen molar-refractivity contribution in [3.8, 4) is 0 Å². The molecule has 0 aliphatic carbocycles. The molecule has 1 fully saturated rings. The third kappa shape index (κ3) is 6.73. The highest BCUT2D eigenvalue weighted by molar-refractivity contribution is 4.83. The molecule has 19 heavy (non-hydrogen) atoms. The van der Waals surface area contributed by atoms with Gasteiger partial charge in [-0.3, -0.25) is 0 Å². The van der Waals surface area contributed by atoms with Gasteiger partial charge in [0.2, 0.25) is 0 Å². The molecular weight excluding hydrogens is 234 g/mol. The third-order valence-electron chi connectivity index (χ3n) is 4.38. The van der Waals surface area contributed by atoms with E-state index in [0.29, 0.717) is 6.04 Å². The van der Waals surface area contributed by atoms with E-state index in [1.807, 2.05) is 0 Å². The Morgan fingerprint density at radius 1 is 1.11 bits per heavy atom. The number of nitrogens with zero attached hydrogens (tertiary/aromatic N) is 2. The molecular formula is C16H35N3. The maximum atomic E-state index is 3.77. The molecule has 1 heterocycles. The number of unbranched alkanes of at least 4 members (excludes halogenated alkanes) is 2. The number of hydrogen-bond donors (Lipinski definition) is 1. The summed E-state index contributed by atoms with van der Waals surface area (Å²) in [5.41, 5.74) is 0. The Morgan fingerprint density at radius 2 is 1.89 bits per heavy atom. The molecule has 0 amide bonds. The van der Waals surface area contributed by atoms with Crippen LogP contribution in [0.2, 0.25) is 0 Å². The topological polar surface area (TPSA) is 18.5 Å². The zero-order valence-corrected chi connectivity index (χ0v) is 13.6. The van der Waals surface area contributed by atoms with Crippen LogP contribution in [-0.4, -0.2) is 62.2 Å². The highest BCUT2D eigenvalue weighted by Crippen LogP contribution is 2.15. The summed E-state index contributed by atoms with van der Waals surface area (Å²) in [4.78, 5) is 5.04. The summed E-state index contributed by atoms with van der Waals surface area (Å²) in [6.07, 6.45) is 7.98. The predicted molar refractivity (Wildman–Crippen MR) is 84.8 cm³/mol. The van der Waals surface area contributed by atoms with Crippen molar-refractivity contribution in [2.75, 3.05) is 40.3 Å². The Kier molecular flexibility index (Phi) is 8.67. The van der Waals surface area contributed by atoms with Crippen LogP contribution >= 0.6 is 0 Å². The summed E-state index contributed by atoms with van der Waals surface area (Å²) in [5, 5.41) is 3.77. The smallest absolute Gasteiger partial charge is 0.0235 e. The fourth-order valence-corrected chi connectivity index (χ4v) is 2.98. The zero-order chi connectivity index (χ0) is 14.1. The summed E-state index contributed by atoms with van der Waals surface area (Å²) in [7, 11) is 4.55. The van der Waals surface area contributed by atoms with Gasteiger partial charge in [-0.1, -0.05) is 33.1 Å². The second-order valence-corrected chi connectivity index (χ2v) is 6.28. The molecule has 2 atom stereocenters. The number of likely N-dealkylation sites (N-methyl/N-ethyl adjacent to an activating group) is 2. The van der Waals surface area contributed by atoms with E-state index < -0.39 is 0 Å². The average molecular weight is 269 g/mol. The predicted octanol–water partition coefficient (Wildman–Crippen LogP) is 2.57. The van der Waals surface area contributed by atoms with Gasteiger partial charge in [-0.05, 0) is 39.9 Å². The summed E-state index contributed by atoms with van der Waals surface area (Å²) < 4.78 is 0. The van der Waals surface area contributed by atoms with Crippen LogP contribution < -0.4 is 5.32 Å². The molecule has 0 bridgehead atoms. The van der Waals surface area contributed by atoms with Crippen molar-refractivity contribution in [3.05, 3.63) is 0 Å². The van der Waals surface area contributed by atoms with Crippen LogP contribution in [0.4, 0.5) is 0 Å². The largest absolute Gasteiger partial charge is 0.314 e. The van der Waals surface area contributed by atoms with Crippen molar-refractivity contribution in [3.63, 3.8) is 0 Å². The second-order valence-electron chi connectivity index (χ2n) is 6.28. The summed E-state index contributed by atoms with van der Waals surface area (Å²) in [6, 6.07) is 1.44. The first-order chi connectivity index (χ1) is 9.17. The number of rotatable bonds is 9. The lowest BCUT2D eigenvalue weighted by Gasteiger charge is -2.39. The first-order valence-electron chi connectivity index (χ1n) is 8.29. The van der Waals surface area contributed by atoms with Crippen LogP contribution in [0.1, 0.15) is 52.4 Å². The van der Waals surface area contributed by atoms with E-state index in [1.54, 1.807) is 0 Å². The Balaban J connectivity index is 2.39. The van der Waals surface area contributed by atoms with Gasteiger partial charge >= 0.3 is 0 Å². The van der Waals surface area contributed by atoms with Gasteiger partial charge in [0.15, 0.2) is 0 Å². The molecule has 3 nitrogen and oxygen atoms in total. The summed E-state index contributed by atoms with van der Waals surface area (Å²) in [6.45, 7) is 9.39. The van der Waals surface area contributed by atoms with Gasteiger partial charge in [-0.2, -0.15) is 0 Å². The molecule has 2 unspecified atom stereocenters. The fraction of sp³-hybridized carbons (Fsp3) is 1.00. The number of piperazine rings is 1. The highest BCUT2D eigenvalue weighted by Gasteiger charge is 2.24. The first kappa shape index (κ1) is 16.9. The van der Waals surface area contributed by atoms with E-state index >= 15 is 0 Å². The second kappa shape index (κ2) is 9.73. The van der Waals surface area contributed by atoms with Gasteiger partial charge in [-0.25, -0.2) is 0 Å². The fourth-order valence-electron chi connectivity index (χ4n) is 2.98. The quantitative estimate of drug-likeness (QED) is 0.649. The third-order valence-corrected chi connectivity index (χ3v) is 4.38. The van der Waals surface area contributed by atoms with Gasteiger partial charge in [0, 0.05) is 31.7 Å². The van der Waals surface area contributed by atoms with Crippen LogP contribution in [-0.2, 0) is 0 Å². The van der Waals surface area contributed by atoms with Crippen LogP contribution in [0.25, 0.3) is 0 Å². The van der Waals surface area contributed by atoms with Gasteiger partial charge < -0.3 is 15.1 Å². The van der Waals surface area contributed by atoms with Crippen LogP contribution in [0.5, 0.6) is 0 Å². The van der Waals surface area contributed by atoms with Crippen LogP contribution in [0, 0.1) is 0 Å². The Morgan fingerprint density at radius 3 is 2.58 bits per heavy atom. The summed E-state index contributed by atoms with van der Waals surface area (Å²) >= 11 is 0.